The van der Waals surface area contributed by atoms with Crippen molar-refractivity contribution in [2.45, 2.75) is 45.8 Å². The first-order chi connectivity index (χ1) is 18.4. The van der Waals surface area contributed by atoms with Gasteiger partial charge in [0.15, 0.2) is 0 Å². The van der Waals surface area contributed by atoms with Crippen molar-refractivity contribution in [1.29, 1.82) is 0 Å². The number of methoxy groups -OCH3 is 2. The number of allylic oxidation sites excluding steroid dienone is 3. The van der Waals surface area contributed by atoms with Crippen LogP contribution in [0.3, 0.4) is 0 Å². The number of aliphatic carboxylic acids is 1. The van der Waals surface area contributed by atoms with Crippen LogP contribution in [-0.4, -0.2) is 44.7 Å². The number of rotatable bonds is 12. The zero-order chi connectivity index (χ0) is 27.3. The maximum absolute atomic E-state index is 11.4. The van der Waals surface area contributed by atoms with Crippen molar-refractivity contribution in [2.24, 2.45) is 11.8 Å². The maximum atomic E-state index is 11.4. The molecule has 2 aliphatic rings. The third-order valence-electron chi connectivity index (χ3n) is 6.63. The largest absolute Gasteiger partial charge is 0.481 e. The third-order valence-corrected chi connectivity index (χ3v) is 6.63. The monoisotopic (exact) mass is 522 g/mol. The van der Waals surface area contributed by atoms with Crippen molar-refractivity contribution >= 4 is 22.9 Å². The summed E-state index contributed by atoms with van der Waals surface area (Å²) in [5, 5.41) is 9.00. The second-order valence-corrected chi connectivity index (χ2v) is 9.53. The molecule has 0 fully saturated rings. The Labute approximate surface area is 225 Å². The average molecular weight is 523 g/mol. The fourth-order valence-corrected chi connectivity index (χ4v) is 4.64. The molecule has 2 atom stereocenters. The number of ether oxygens (including phenoxy) is 4. The van der Waals surface area contributed by atoms with Crippen LogP contribution in [0.2, 0.25) is 0 Å². The van der Waals surface area contributed by atoms with Crippen LogP contribution in [-0.2, 0) is 41.8 Å². The summed E-state index contributed by atoms with van der Waals surface area (Å²) in [5.74, 6) is -0.726. The second kappa shape index (κ2) is 15.3. The van der Waals surface area contributed by atoms with Gasteiger partial charge in [-0.3, -0.25) is 9.59 Å². The standard InChI is InChI=1S/C16H20O3.C15H18O4/c1-12(17)14-6-7-16(9-14)15-5-3-4-13(8-15)10-19-11-18-2;1-18-10-19-9-11-3-2-4-12(7-11)13-5-6-14(8-13)15(16)17/h3-5,8-9,14H,6-7,10-11H2,1-2H3;2-4,7-8,14H,5-6,9-10H2,1H3,(H,16,17)/t2*14-/m11/s1. The lowest BCUT2D eigenvalue weighted by molar-refractivity contribution is -0.140. The van der Waals surface area contributed by atoms with Crippen molar-refractivity contribution in [1.82, 2.24) is 0 Å². The number of Topliss-reactive ketones (excluding diaryl/α,β-unsaturated/α-hetero) is 1. The van der Waals surface area contributed by atoms with Crippen LogP contribution in [0.5, 0.6) is 0 Å². The van der Waals surface area contributed by atoms with Gasteiger partial charge in [0.1, 0.15) is 19.4 Å². The maximum Gasteiger partial charge on any atom is 0.310 e. The second-order valence-electron chi connectivity index (χ2n) is 9.53. The quantitative estimate of drug-likeness (QED) is 0.275. The van der Waals surface area contributed by atoms with Gasteiger partial charge < -0.3 is 24.1 Å². The molecule has 0 aliphatic heterocycles. The van der Waals surface area contributed by atoms with Gasteiger partial charge in [-0.15, -0.1) is 0 Å². The topological polar surface area (TPSA) is 91.3 Å². The summed E-state index contributed by atoms with van der Waals surface area (Å²) < 4.78 is 20.4. The summed E-state index contributed by atoms with van der Waals surface area (Å²) in [4.78, 5) is 22.3. The number of carboxylic acid groups (broad SMARTS) is 1. The van der Waals surface area contributed by atoms with Crippen molar-refractivity contribution < 1.29 is 33.6 Å². The molecule has 38 heavy (non-hydrogen) atoms. The van der Waals surface area contributed by atoms with E-state index in [4.69, 9.17) is 24.1 Å². The van der Waals surface area contributed by atoms with E-state index in [1.807, 2.05) is 42.5 Å². The first kappa shape index (κ1) is 29.5. The molecule has 0 heterocycles. The van der Waals surface area contributed by atoms with E-state index in [1.54, 1.807) is 21.1 Å². The normalized spacial score (nSPS) is 18.4. The van der Waals surface area contributed by atoms with Gasteiger partial charge in [-0.2, -0.15) is 0 Å². The lowest BCUT2D eigenvalue weighted by Gasteiger charge is -2.06. The molecular formula is C31H38O7. The first-order valence-electron chi connectivity index (χ1n) is 12.9. The molecular weight excluding hydrogens is 484 g/mol. The highest BCUT2D eigenvalue weighted by Crippen LogP contribution is 2.33. The number of carbonyl (C=O) groups excluding carboxylic acids is 1. The van der Waals surface area contributed by atoms with E-state index >= 15 is 0 Å². The Kier molecular flexibility index (Phi) is 11.9. The van der Waals surface area contributed by atoms with E-state index in [1.165, 1.54) is 11.1 Å². The summed E-state index contributed by atoms with van der Waals surface area (Å²) in [6.45, 7) is 3.29. The molecule has 2 aliphatic carbocycles. The Morgan fingerprint density at radius 2 is 1.26 bits per heavy atom. The van der Waals surface area contributed by atoms with Gasteiger partial charge in [-0.25, -0.2) is 0 Å². The van der Waals surface area contributed by atoms with E-state index < -0.39 is 5.97 Å². The predicted octanol–water partition coefficient (Wildman–Crippen LogP) is 5.87. The van der Waals surface area contributed by atoms with Crippen molar-refractivity contribution in [2.75, 3.05) is 27.8 Å². The summed E-state index contributed by atoms with van der Waals surface area (Å²) in [6.07, 6.45) is 7.39. The molecule has 0 saturated carbocycles. The molecule has 2 aromatic carbocycles. The highest BCUT2D eigenvalue weighted by Gasteiger charge is 2.23. The minimum Gasteiger partial charge on any atom is -0.481 e. The summed E-state index contributed by atoms with van der Waals surface area (Å²) in [5.41, 5.74) is 6.86. The Morgan fingerprint density at radius 3 is 1.66 bits per heavy atom. The van der Waals surface area contributed by atoms with Crippen LogP contribution in [0.15, 0.2) is 60.7 Å². The molecule has 1 N–H and O–H groups in total. The molecule has 204 valence electrons. The van der Waals surface area contributed by atoms with E-state index in [9.17, 15) is 9.59 Å². The lowest BCUT2D eigenvalue weighted by Crippen LogP contribution is -2.06. The van der Waals surface area contributed by atoms with Crippen molar-refractivity contribution in [3.05, 3.63) is 82.9 Å². The number of carboxylic acids is 1. The van der Waals surface area contributed by atoms with Crippen LogP contribution in [0, 0.1) is 11.8 Å². The number of benzene rings is 2. The first-order valence-corrected chi connectivity index (χ1v) is 12.9. The van der Waals surface area contributed by atoms with Gasteiger partial charge in [-0.1, -0.05) is 48.6 Å². The SMILES string of the molecule is COCOCc1cccc(C2=C[C@H](C(=O)O)CC2)c1.COCOCc1cccc(C2=C[C@H](C(C)=O)CC2)c1. The van der Waals surface area contributed by atoms with Crippen LogP contribution in [0.4, 0.5) is 0 Å². The highest BCUT2D eigenvalue weighted by atomic mass is 16.7. The molecule has 7 nitrogen and oxygen atoms in total. The van der Waals surface area contributed by atoms with Gasteiger partial charge >= 0.3 is 5.97 Å². The van der Waals surface area contributed by atoms with E-state index in [2.05, 4.69) is 18.2 Å². The molecule has 0 amide bonds. The van der Waals surface area contributed by atoms with Gasteiger partial charge in [0.25, 0.3) is 0 Å². The molecule has 2 aromatic rings. The van der Waals surface area contributed by atoms with Gasteiger partial charge in [0, 0.05) is 20.1 Å². The molecule has 0 unspecified atom stereocenters. The van der Waals surface area contributed by atoms with Crippen molar-refractivity contribution in [3.63, 3.8) is 0 Å². The van der Waals surface area contributed by atoms with Crippen LogP contribution in [0.25, 0.3) is 11.1 Å². The fourth-order valence-electron chi connectivity index (χ4n) is 4.64. The Balaban J connectivity index is 0.000000211. The summed E-state index contributed by atoms with van der Waals surface area (Å²) in [7, 11) is 3.20. The highest BCUT2D eigenvalue weighted by molar-refractivity contribution is 5.85. The van der Waals surface area contributed by atoms with E-state index in [0.717, 1.165) is 41.5 Å². The molecule has 0 radical (unpaired) electrons. The summed E-state index contributed by atoms with van der Waals surface area (Å²) in [6, 6.07) is 16.3. The number of hydrogen-bond donors (Lipinski definition) is 1. The molecule has 0 spiro atoms. The minimum atomic E-state index is -0.741. The Bertz CT molecular complexity index is 1050. The molecule has 0 aromatic heterocycles. The molecule has 4 rings (SSSR count). The number of carbonyl (C=O) groups is 2. The van der Waals surface area contributed by atoms with Crippen LogP contribution < -0.4 is 0 Å². The molecule has 0 bridgehead atoms. The predicted molar refractivity (Wildman–Crippen MR) is 146 cm³/mol. The van der Waals surface area contributed by atoms with E-state index in [0.29, 0.717) is 26.4 Å². The molecule has 7 heteroatoms. The third kappa shape index (κ3) is 9.03. The zero-order valence-corrected chi connectivity index (χ0v) is 22.5. The van der Waals surface area contributed by atoms with Crippen LogP contribution in [0.1, 0.15) is 54.9 Å². The number of hydrogen-bond acceptors (Lipinski definition) is 6. The fraction of sp³-hybridized carbons (Fsp3) is 0.419. The van der Waals surface area contributed by atoms with Gasteiger partial charge in [-0.05, 0) is 78.1 Å². The van der Waals surface area contributed by atoms with Gasteiger partial charge in [0.2, 0.25) is 0 Å². The van der Waals surface area contributed by atoms with E-state index in [-0.39, 0.29) is 24.4 Å². The Morgan fingerprint density at radius 1 is 0.789 bits per heavy atom. The smallest absolute Gasteiger partial charge is 0.310 e. The summed E-state index contributed by atoms with van der Waals surface area (Å²) >= 11 is 0. The minimum absolute atomic E-state index is 0.100. The van der Waals surface area contributed by atoms with Crippen molar-refractivity contribution in [3.8, 4) is 0 Å². The zero-order valence-electron chi connectivity index (χ0n) is 22.5. The average Bonchev–Trinajstić information content (AvgIpc) is 3.61. The molecule has 0 saturated heterocycles. The Hall–Kier alpha value is -3.10. The van der Waals surface area contributed by atoms with Gasteiger partial charge in [0.05, 0.1) is 19.1 Å². The lowest BCUT2D eigenvalue weighted by atomic mass is 10.0. The van der Waals surface area contributed by atoms with Crippen LogP contribution >= 0.6 is 0 Å². The number of ketones is 1.